The van der Waals surface area contributed by atoms with E-state index in [1.807, 2.05) is 26.0 Å². The van der Waals surface area contributed by atoms with E-state index in [9.17, 15) is 13.6 Å². The van der Waals surface area contributed by atoms with Crippen molar-refractivity contribution in [2.24, 2.45) is 0 Å². The summed E-state index contributed by atoms with van der Waals surface area (Å²) >= 11 is 0. The summed E-state index contributed by atoms with van der Waals surface area (Å²) < 4.78 is 37.3. The molecule has 1 N–H and O–H groups in total. The van der Waals surface area contributed by atoms with Gasteiger partial charge < -0.3 is 19.7 Å². The van der Waals surface area contributed by atoms with Gasteiger partial charge in [0.2, 0.25) is 0 Å². The Bertz CT molecular complexity index is 823. The largest absolute Gasteiger partial charge is 0.497 e. The van der Waals surface area contributed by atoms with E-state index in [0.29, 0.717) is 30.3 Å². The molecule has 3 rings (SSSR count). The Morgan fingerprint density at radius 2 is 2.22 bits per heavy atom. The van der Waals surface area contributed by atoms with Crippen LogP contribution in [0, 0.1) is 0 Å². The number of carbonyl (C=O) groups is 1. The zero-order chi connectivity index (χ0) is 19.6. The molecule has 9 heteroatoms. The summed E-state index contributed by atoms with van der Waals surface area (Å²) in [5.74, 6) is 1.34. The molecule has 0 atom stereocenters. The van der Waals surface area contributed by atoms with Crippen LogP contribution in [0.15, 0.2) is 30.6 Å². The van der Waals surface area contributed by atoms with Gasteiger partial charge >= 0.3 is 6.03 Å². The molecule has 0 fully saturated rings. The molecule has 0 saturated heterocycles. The zero-order valence-corrected chi connectivity index (χ0v) is 15.4. The van der Waals surface area contributed by atoms with E-state index in [4.69, 9.17) is 9.47 Å². The Kier molecular flexibility index (Phi) is 5.20. The SMILES string of the molecule is COc1ccc2c(c1)OC(C)(C)CN(C(=O)Nc1cnn(CC(F)F)c1)C2. The number of urea groups is 1. The minimum Gasteiger partial charge on any atom is -0.497 e. The lowest BCUT2D eigenvalue weighted by molar-refractivity contribution is 0.0833. The number of amides is 2. The molecule has 7 nitrogen and oxygen atoms in total. The van der Waals surface area contributed by atoms with Crippen molar-refractivity contribution in [3.05, 3.63) is 36.2 Å². The van der Waals surface area contributed by atoms with E-state index in [0.717, 1.165) is 10.2 Å². The second-order valence-electron chi connectivity index (χ2n) is 6.96. The lowest BCUT2D eigenvalue weighted by atomic mass is 10.1. The van der Waals surface area contributed by atoms with Crippen molar-refractivity contribution in [1.82, 2.24) is 14.7 Å². The van der Waals surface area contributed by atoms with Crippen LogP contribution in [0.3, 0.4) is 0 Å². The first kappa shape index (κ1) is 18.9. The molecule has 0 saturated carbocycles. The number of anilines is 1. The Hall–Kier alpha value is -2.84. The van der Waals surface area contributed by atoms with Crippen LogP contribution in [0.25, 0.3) is 0 Å². The molecule has 0 bridgehead atoms. The fourth-order valence-electron chi connectivity index (χ4n) is 2.95. The van der Waals surface area contributed by atoms with Gasteiger partial charge in [-0.3, -0.25) is 4.68 Å². The van der Waals surface area contributed by atoms with Crippen LogP contribution in [-0.4, -0.2) is 46.4 Å². The number of methoxy groups -OCH3 is 1. The summed E-state index contributed by atoms with van der Waals surface area (Å²) in [7, 11) is 1.58. The van der Waals surface area contributed by atoms with E-state index < -0.39 is 18.6 Å². The summed E-state index contributed by atoms with van der Waals surface area (Å²) in [6.45, 7) is 3.96. The molecule has 1 aromatic carbocycles. The lowest BCUT2D eigenvalue weighted by Gasteiger charge is -2.29. The number of alkyl halides is 2. The Morgan fingerprint density at radius 1 is 1.44 bits per heavy atom. The van der Waals surface area contributed by atoms with E-state index in [1.54, 1.807) is 18.1 Å². The van der Waals surface area contributed by atoms with E-state index >= 15 is 0 Å². The van der Waals surface area contributed by atoms with Crippen LogP contribution in [0.5, 0.6) is 11.5 Å². The highest BCUT2D eigenvalue weighted by atomic mass is 19.3. The number of carbonyl (C=O) groups excluding carboxylic acids is 1. The van der Waals surface area contributed by atoms with Crippen molar-refractivity contribution < 1.29 is 23.0 Å². The number of halogens is 2. The van der Waals surface area contributed by atoms with Gasteiger partial charge in [-0.05, 0) is 26.0 Å². The Labute approximate surface area is 155 Å². The van der Waals surface area contributed by atoms with Crippen LogP contribution >= 0.6 is 0 Å². The first-order valence-corrected chi connectivity index (χ1v) is 8.48. The molecular weight excluding hydrogens is 358 g/mol. The third kappa shape index (κ3) is 4.66. The van der Waals surface area contributed by atoms with Crippen molar-refractivity contribution in [3.8, 4) is 11.5 Å². The maximum atomic E-state index is 12.7. The fraction of sp³-hybridized carbons (Fsp3) is 0.444. The maximum absolute atomic E-state index is 12.7. The predicted octanol–water partition coefficient (Wildman–Crippen LogP) is 3.36. The van der Waals surface area contributed by atoms with E-state index in [1.165, 1.54) is 12.4 Å². The first-order chi connectivity index (χ1) is 12.8. The average Bonchev–Trinajstić information content (AvgIpc) is 2.94. The predicted molar refractivity (Wildman–Crippen MR) is 95.4 cm³/mol. The molecule has 0 radical (unpaired) electrons. The first-order valence-electron chi connectivity index (χ1n) is 8.48. The number of fused-ring (bicyclic) bond motifs is 1. The van der Waals surface area contributed by atoms with Crippen molar-refractivity contribution in [1.29, 1.82) is 0 Å². The molecule has 146 valence electrons. The normalized spacial score (nSPS) is 15.7. The lowest BCUT2D eigenvalue weighted by Crippen LogP contribution is -2.44. The number of rotatable bonds is 4. The number of hydrogen-bond donors (Lipinski definition) is 1. The van der Waals surface area contributed by atoms with Crippen molar-refractivity contribution in [2.75, 3.05) is 19.0 Å². The molecule has 27 heavy (non-hydrogen) atoms. The number of hydrogen-bond acceptors (Lipinski definition) is 4. The van der Waals surface area contributed by atoms with E-state index in [-0.39, 0.29) is 6.03 Å². The van der Waals surface area contributed by atoms with Gasteiger partial charge in [-0.1, -0.05) is 0 Å². The topological polar surface area (TPSA) is 68.6 Å². The highest BCUT2D eigenvalue weighted by molar-refractivity contribution is 5.89. The quantitative estimate of drug-likeness (QED) is 0.883. The molecule has 2 aromatic rings. The fourth-order valence-corrected chi connectivity index (χ4v) is 2.95. The van der Waals surface area contributed by atoms with Crippen LogP contribution in [0.2, 0.25) is 0 Å². The summed E-state index contributed by atoms with van der Waals surface area (Å²) in [5, 5.41) is 6.52. The van der Waals surface area contributed by atoms with Crippen LogP contribution in [0.1, 0.15) is 19.4 Å². The van der Waals surface area contributed by atoms with Crippen LogP contribution < -0.4 is 14.8 Å². The van der Waals surface area contributed by atoms with Gasteiger partial charge in [0.15, 0.2) is 0 Å². The standard InChI is InChI=1S/C18H22F2N4O3/c1-18(2)11-23(8-12-4-5-14(26-3)6-15(12)27-18)17(25)22-13-7-21-24(9-13)10-16(19)20/h4-7,9,16H,8,10-11H2,1-3H3,(H,22,25). The smallest absolute Gasteiger partial charge is 0.322 e. The second-order valence-corrected chi connectivity index (χ2v) is 6.96. The van der Waals surface area contributed by atoms with Gasteiger partial charge in [0.1, 0.15) is 23.6 Å². The van der Waals surface area contributed by atoms with Crippen molar-refractivity contribution in [3.63, 3.8) is 0 Å². The molecule has 0 spiro atoms. The van der Waals surface area contributed by atoms with Crippen molar-refractivity contribution >= 4 is 11.7 Å². The highest BCUT2D eigenvalue weighted by Crippen LogP contribution is 2.32. The summed E-state index contributed by atoms with van der Waals surface area (Å²) in [6.07, 6.45) is 0.214. The zero-order valence-electron chi connectivity index (χ0n) is 15.4. The summed E-state index contributed by atoms with van der Waals surface area (Å²) in [4.78, 5) is 14.3. The number of ether oxygens (including phenoxy) is 2. The highest BCUT2D eigenvalue weighted by Gasteiger charge is 2.32. The van der Waals surface area contributed by atoms with Crippen LogP contribution in [0.4, 0.5) is 19.3 Å². The van der Waals surface area contributed by atoms with Gasteiger partial charge in [-0.25, -0.2) is 13.6 Å². The third-order valence-corrected chi connectivity index (χ3v) is 4.09. The number of benzene rings is 1. The molecule has 2 amide bonds. The second kappa shape index (κ2) is 7.42. The molecule has 1 aromatic heterocycles. The molecule has 1 aliphatic rings. The number of nitrogens with one attached hydrogen (secondary N) is 1. The summed E-state index contributed by atoms with van der Waals surface area (Å²) in [6, 6.07) is 5.11. The monoisotopic (exact) mass is 380 g/mol. The minimum absolute atomic E-state index is 0.347. The van der Waals surface area contributed by atoms with Crippen LogP contribution in [-0.2, 0) is 13.1 Å². The number of nitrogens with zero attached hydrogens (tertiary/aromatic N) is 3. The third-order valence-electron chi connectivity index (χ3n) is 4.09. The Balaban J connectivity index is 1.76. The van der Waals surface area contributed by atoms with Gasteiger partial charge in [0.25, 0.3) is 6.43 Å². The minimum atomic E-state index is -2.51. The molecular formula is C18H22F2N4O3. The Morgan fingerprint density at radius 3 is 2.93 bits per heavy atom. The molecule has 2 heterocycles. The summed E-state index contributed by atoms with van der Waals surface area (Å²) in [5.41, 5.74) is 0.595. The van der Waals surface area contributed by atoms with Gasteiger partial charge in [0, 0.05) is 17.8 Å². The van der Waals surface area contributed by atoms with Gasteiger partial charge in [0.05, 0.1) is 32.1 Å². The van der Waals surface area contributed by atoms with Gasteiger partial charge in [-0.15, -0.1) is 0 Å². The molecule has 0 aliphatic carbocycles. The maximum Gasteiger partial charge on any atom is 0.322 e. The number of aromatic nitrogens is 2. The molecule has 1 aliphatic heterocycles. The van der Waals surface area contributed by atoms with Gasteiger partial charge in [-0.2, -0.15) is 5.10 Å². The average molecular weight is 380 g/mol. The van der Waals surface area contributed by atoms with Crippen molar-refractivity contribution in [2.45, 2.75) is 39.0 Å². The molecule has 0 unspecified atom stereocenters. The van der Waals surface area contributed by atoms with E-state index in [2.05, 4.69) is 10.4 Å².